The van der Waals surface area contributed by atoms with E-state index in [1.54, 1.807) is 12.2 Å². The maximum Gasteiger partial charge on any atom is 0.394 e. The number of hydrogen-bond acceptors (Lipinski definition) is 5. The van der Waals surface area contributed by atoms with Crippen LogP contribution in [0.15, 0.2) is 25.3 Å². The summed E-state index contributed by atoms with van der Waals surface area (Å²) in [5, 5.41) is 0. The van der Waals surface area contributed by atoms with E-state index in [2.05, 4.69) is 64.5 Å². The lowest BCUT2D eigenvalue weighted by atomic mass is 10.5. The summed E-state index contributed by atoms with van der Waals surface area (Å²) in [6.45, 7) is 28.4. The minimum Gasteiger partial charge on any atom is -0.373 e. The molecule has 160 valence electrons. The van der Waals surface area contributed by atoms with Crippen molar-refractivity contribution in [1.29, 1.82) is 0 Å². The fourth-order valence-electron chi connectivity index (χ4n) is 1.58. The SMILES string of the molecule is C=CCOCC=C.CCN(CC)CC.CCN(CC)CC.O=S(=O)(O)O. The average Bonchev–Trinajstić information content (AvgIpc) is 2.58. The largest absolute Gasteiger partial charge is 0.394 e. The summed E-state index contributed by atoms with van der Waals surface area (Å²) in [7, 11) is -4.67. The molecule has 2 N–H and O–H groups in total. The van der Waals surface area contributed by atoms with E-state index < -0.39 is 10.4 Å². The molecular formula is C18H42N2O5S. The van der Waals surface area contributed by atoms with Crippen molar-refractivity contribution < 1.29 is 22.3 Å². The molecule has 0 aromatic carbocycles. The fourth-order valence-corrected chi connectivity index (χ4v) is 1.58. The Bertz CT molecular complexity index is 329. The van der Waals surface area contributed by atoms with Gasteiger partial charge in [-0.15, -0.1) is 13.2 Å². The van der Waals surface area contributed by atoms with E-state index in [0.717, 1.165) is 0 Å². The van der Waals surface area contributed by atoms with Gasteiger partial charge in [0.1, 0.15) is 0 Å². The number of hydrogen-bond donors (Lipinski definition) is 2. The average molecular weight is 399 g/mol. The molecule has 0 saturated heterocycles. The van der Waals surface area contributed by atoms with Gasteiger partial charge in [-0.3, -0.25) is 9.11 Å². The van der Waals surface area contributed by atoms with Crippen LogP contribution in [0.1, 0.15) is 41.5 Å². The molecule has 0 aromatic rings. The second-order valence-corrected chi connectivity index (χ2v) is 5.70. The van der Waals surface area contributed by atoms with E-state index in [-0.39, 0.29) is 0 Å². The van der Waals surface area contributed by atoms with Crippen LogP contribution in [0.25, 0.3) is 0 Å². The molecule has 0 aromatic heterocycles. The summed E-state index contributed by atoms with van der Waals surface area (Å²) in [5.41, 5.74) is 0. The molecule has 8 heteroatoms. The van der Waals surface area contributed by atoms with E-state index in [9.17, 15) is 0 Å². The van der Waals surface area contributed by atoms with Crippen molar-refractivity contribution in [3.8, 4) is 0 Å². The lowest BCUT2D eigenvalue weighted by Crippen LogP contribution is -2.21. The van der Waals surface area contributed by atoms with Gasteiger partial charge in [0.15, 0.2) is 0 Å². The quantitative estimate of drug-likeness (QED) is 0.331. The van der Waals surface area contributed by atoms with Gasteiger partial charge in [0.05, 0.1) is 13.2 Å². The molecule has 0 atom stereocenters. The van der Waals surface area contributed by atoms with Gasteiger partial charge in [-0.2, -0.15) is 8.42 Å². The van der Waals surface area contributed by atoms with Gasteiger partial charge in [-0.25, -0.2) is 0 Å². The van der Waals surface area contributed by atoms with Gasteiger partial charge < -0.3 is 14.5 Å². The van der Waals surface area contributed by atoms with Crippen LogP contribution in [-0.2, 0) is 15.1 Å². The normalized spacial score (nSPS) is 9.92. The highest BCUT2D eigenvalue weighted by Gasteiger charge is 1.89. The predicted octanol–water partition coefficient (Wildman–Crippen LogP) is 3.42. The van der Waals surface area contributed by atoms with Crippen molar-refractivity contribution in [3.63, 3.8) is 0 Å². The Hall–Kier alpha value is -0.770. The lowest BCUT2D eigenvalue weighted by Gasteiger charge is -2.13. The highest BCUT2D eigenvalue weighted by molar-refractivity contribution is 7.79. The van der Waals surface area contributed by atoms with Crippen LogP contribution >= 0.6 is 0 Å². The van der Waals surface area contributed by atoms with Crippen molar-refractivity contribution in [1.82, 2.24) is 9.80 Å². The van der Waals surface area contributed by atoms with Crippen molar-refractivity contribution in [2.45, 2.75) is 41.5 Å². The Labute approximate surface area is 162 Å². The molecule has 0 saturated carbocycles. The molecule has 0 radical (unpaired) electrons. The van der Waals surface area contributed by atoms with E-state index >= 15 is 0 Å². The van der Waals surface area contributed by atoms with E-state index in [0.29, 0.717) is 13.2 Å². The molecular weight excluding hydrogens is 356 g/mol. The van der Waals surface area contributed by atoms with Crippen molar-refractivity contribution in [2.24, 2.45) is 0 Å². The third-order valence-corrected chi connectivity index (χ3v) is 3.15. The zero-order chi connectivity index (χ0) is 21.4. The topological polar surface area (TPSA) is 90.3 Å². The number of ether oxygens (including phenoxy) is 1. The summed E-state index contributed by atoms with van der Waals surface area (Å²) >= 11 is 0. The van der Waals surface area contributed by atoms with E-state index in [4.69, 9.17) is 22.3 Å². The van der Waals surface area contributed by atoms with Crippen molar-refractivity contribution >= 4 is 10.4 Å². The first kappa shape index (κ1) is 32.9. The van der Waals surface area contributed by atoms with E-state index in [1.807, 2.05) is 0 Å². The third kappa shape index (κ3) is 49.5. The Balaban J connectivity index is -0.000000125. The van der Waals surface area contributed by atoms with Crippen LogP contribution in [-0.4, -0.2) is 79.8 Å². The van der Waals surface area contributed by atoms with Gasteiger partial charge in [-0.1, -0.05) is 53.7 Å². The molecule has 0 unspecified atom stereocenters. The minimum absolute atomic E-state index is 0.617. The van der Waals surface area contributed by atoms with Gasteiger partial charge in [0, 0.05) is 0 Å². The van der Waals surface area contributed by atoms with Crippen molar-refractivity contribution in [2.75, 3.05) is 52.5 Å². The zero-order valence-corrected chi connectivity index (χ0v) is 18.5. The molecule has 0 heterocycles. The van der Waals surface area contributed by atoms with Crippen molar-refractivity contribution in [3.05, 3.63) is 25.3 Å². The Kier molecular flexibility index (Phi) is 33.4. The molecule has 7 nitrogen and oxygen atoms in total. The van der Waals surface area contributed by atoms with Crippen LogP contribution in [0.2, 0.25) is 0 Å². The summed E-state index contributed by atoms with van der Waals surface area (Å²) in [5.74, 6) is 0. The number of rotatable bonds is 10. The zero-order valence-electron chi connectivity index (χ0n) is 17.6. The fraction of sp³-hybridized carbons (Fsp3) is 0.778. The molecule has 26 heavy (non-hydrogen) atoms. The van der Waals surface area contributed by atoms with Crippen LogP contribution in [0.4, 0.5) is 0 Å². The van der Waals surface area contributed by atoms with E-state index in [1.165, 1.54) is 39.3 Å². The maximum atomic E-state index is 8.74. The molecule has 0 bridgehead atoms. The standard InChI is InChI=1S/2C6H15N.C6H10O.H2O4S/c2*1-4-7(5-2)6-3;1-3-5-7-6-4-2;1-5(2,3)4/h2*4-6H2,1-3H3;3-4H,1-2,5-6H2;(H2,1,2,3,4). The van der Waals surface area contributed by atoms with Crippen LogP contribution < -0.4 is 0 Å². The highest BCUT2D eigenvalue weighted by atomic mass is 32.3. The highest BCUT2D eigenvalue weighted by Crippen LogP contribution is 1.82. The summed E-state index contributed by atoms with van der Waals surface area (Å²) in [6, 6.07) is 0. The first-order valence-electron chi connectivity index (χ1n) is 9.05. The van der Waals surface area contributed by atoms with Crippen LogP contribution in [0.3, 0.4) is 0 Å². The maximum absolute atomic E-state index is 8.74. The Morgan fingerprint density at radius 2 is 0.923 bits per heavy atom. The predicted molar refractivity (Wildman–Crippen MR) is 112 cm³/mol. The van der Waals surface area contributed by atoms with Gasteiger partial charge in [0.2, 0.25) is 0 Å². The smallest absolute Gasteiger partial charge is 0.373 e. The Morgan fingerprint density at radius 3 is 1.00 bits per heavy atom. The molecule has 0 aliphatic heterocycles. The van der Waals surface area contributed by atoms with Gasteiger partial charge >= 0.3 is 10.4 Å². The first-order chi connectivity index (χ1) is 12.1. The Morgan fingerprint density at radius 1 is 0.731 bits per heavy atom. The summed E-state index contributed by atoms with van der Waals surface area (Å²) in [4.78, 5) is 4.75. The lowest BCUT2D eigenvalue weighted by molar-refractivity contribution is 0.194. The molecule has 0 fully saturated rings. The first-order valence-corrected chi connectivity index (χ1v) is 10.4. The van der Waals surface area contributed by atoms with Crippen LogP contribution in [0, 0.1) is 0 Å². The molecule has 0 amide bonds. The number of nitrogens with zero attached hydrogens (tertiary/aromatic N) is 2. The van der Waals surface area contributed by atoms with Gasteiger partial charge in [-0.05, 0) is 39.3 Å². The third-order valence-electron chi connectivity index (χ3n) is 3.15. The van der Waals surface area contributed by atoms with Gasteiger partial charge in [0.25, 0.3) is 0 Å². The minimum atomic E-state index is -4.67. The molecule has 0 aliphatic rings. The van der Waals surface area contributed by atoms with Crippen LogP contribution in [0.5, 0.6) is 0 Å². The second kappa shape index (κ2) is 26.5. The summed E-state index contributed by atoms with van der Waals surface area (Å²) in [6.07, 6.45) is 3.42. The molecule has 0 aliphatic carbocycles. The summed E-state index contributed by atoms with van der Waals surface area (Å²) < 4.78 is 36.5. The monoisotopic (exact) mass is 398 g/mol. The molecule has 0 spiro atoms. The second-order valence-electron chi connectivity index (χ2n) is 4.80. The molecule has 0 rings (SSSR count).